The van der Waals surface area contributed by atoms with Gasteiger partial charge in [0.25, 0.3) is 0 Å². The van der Waals surface area contributed by atoms with Crippen molar-refractivity contribution in [3.05, 3.63) is 11.6 Å². The molecule has 2 heteroatoms. The zero-order chi connectivity index (χ0) is 13.9. The molecular weight excluding hydrogens is 224 g/mol. The summed E-state index contributed by atoms with van der Waals surface area (Å²) in [5, 5.41) is 10.0. The van der Waals surface area contributed by atoms with Crippen LogP contribution in [-0.4, -0.2) is 17.0 Å². The van der Waals surface area contributed by atoms with Crippen molar-refractivity contribution in [1.82, 2.24) is 0 Å². The van der Waals surface area contributed by atoms with Crippen molar-refractivity contribution < 1.29 is 9.90 Å². The Morgan fingerprint density at radius 1 is 1.44 bits per heavy atom. The van der Waals surface area contributed by atoms with E-state index in [0.29, 0.717) is 18.1 Å². The summed E-state index contributed by atoms with van der Waals surface area (Å²) in [5.74, 6) is 0.898. The molecule has 1 aliphatic rings. The van der Waals surface area contributed by atoms with Gasteiger partial charge in [-0.05, 0) is 44.9 Å². The summed E-state index contributed by atoms with van der Waals surface area (Å²) in [6, 6.07) is 0. The molecule has 1 aliphatic carbocycles. The van der Waals surface area contributed by atoms with Crippen LogP contribution < -0.4 is 0 Å². The van der Waals surface area contributed by atoms with Crippen molar-refractivity contribution in [3.8, 4) is 0 Å². The van der Waals surface area contributed by atoms with Crippen LogP contribution >= 0.6 is 0 Å². The van der Waals surface area contributed by atoms with Crippen LogP contribution in [-0.2, 0) is 4.79 Å². The van der Waals surface area contributed by atoms with Gasteiger partial charge in [-0.1, -0.05) is 32.4 Å². The van der Waals surface area contributed by atoms with Gasteiger partial charge in [-0.2, -0.15) is 0 Å². The highest BCUT2D eigenvalue weighted by Gasteiger charge is 2.40. The highest BCUT2D eigenvalue weighted by Crippen LogP contribution is 2.36. The average Bonchev–Trinajstić information content (AvgIpc) is 2.30. The monoisotopic (exact) mass is 252 g/mol. The van der Waals surface area contributed by atoms with E-state index in [-0.39, 0.29) is 23.9 Å². The fourth-order valence-electron chi connectivity index (χ4n) is 2.87. The van der Waals surface area contributed by atoms with Crippen LogP contribution in [0, 0.1) is 23.7 Å². The minimum Gasteiger partial charge on any atom is -0.393 e. The van der Waals surface area contributed by atoms with Gasteiger partial charge in [0.05, 0.1) is 6.10 Å². The van der Waals surface area contributed by atoms with E-state index in [9.17, 15) is 9.90 Å². The largest absolute Gasteiger partial charge is 0.393 e. The van der Waals surface area contributed by atoms with Crippen LogP contribution in [0.3, 0.4) is 0 Å². The second-order valence-electron chi connectivity index (χ2n) is 6.30. The van der Waals surface area contributed by atoms with Crippen molar-refractivity contribution in [2.75, 3.05) is 0 Å². The Balaban J connectivity index is 2.59. The summed E-state index contributed by atoms with van der Waals surface area (Å²) >= 11 is 0. The molecule has 1 saturated carbocycles. The van der Waals surface area contributed by atoms with Crippen LogP contribution in [0.1, 0.15) is 53.9 Å². The van der Waals surface area contributed by atoms with E-state index in [4.69, 9.17) is 0 Å². The Morgan fingerprint density at radius 2 is 2.06 bits per heavy atom. The van der Waals surface area contributed by atoms with Crippen LogP contribution in [0.25, 0.3) is 0 Å². The highest BCUT2D eigenvalue weighted by atomic mass is 16.3. The first kappa shape index (κ1) is 15.4. The number of ketones is 1. The molecule has 0 amide bonds. The molecule has 0 spiro atoms. The van der Waals surface area contributed by atoms with E-state index >= 15 is 0 Å². The van der Waals surface area contributed by atoms with Crippen molar-refractivity contribution in [1.29, 1.82) is 0 Å². The minimum absolute atomic E-state index is 0.00431. The summed E-state index contributed by atoms with van der Waals surface area (Å²) in [4.78, 5) is 12.3. The van der Waals surface area contributed by atoms with Gasteiger partial charge >= 0.3 is 0 Å². The zero-order valence-corrected chi connectivity index (χ0v) is 12.4. The highest BCUT2D eigenvalue weighted by molar-refractivity contribution is 5.84. The number of hydrogen-bond acceptors (Lipinski definition) is 2. The van der Waals surface area contributed by atoms with Crippen LogP contribution in [0.5, 0.6) is 0 Å². The fraction of sp³-hybridized carbons (Fsp3) is 0.812. The van der Waals surface area contributed by atoms with Crippen molar-refractivity contribution in [3.63, 3.8) is 0 Å². The number of carbonyl (C=O) groups is 1. The number of aliphatic hydroxyl groups excluding tert-OH is 1. The Morgan fingerprint density at radius 3 is 2.61 bits per heavy atom. The molecule has 0 bridgehead atoms. The molecule has 0 heterocycles. The lowest BCUT2D eigenvalue weighted by atomic mass is 9.68. The zero-order valence-electron chi connectivity index (χ0n) is 12.4. The molecule has 0 aromatic carbocycles. The molecule has 0 radical (unpaired) electrons. The molecule has 1 N–H and O–H groups in total. The van der Waals surface area contributed by atoms with Crippen molar-refractivity contribution in [2.24, 2.45) is 23.7 Å². The number of aliphatic hydroxyl groups is 1. The second kappa shape index (κ2) is 6.51. The molecule has 0 aromatic heterocycles. The molecule has 104 valence electrons. The molecule has 1 fully saturated rings. The molecule has 0 saturated heterocycles. The van der Waals surface area contributed by atoms with E-state index in [2.05, 4.69) is 26.8 Å². The predicted octanol–water partition coefficient (Wildman–Crippen LogP) is 3.59. The first-order valence-corrected chi connectivity index (χ1v) is 7.19. The van der Waals surface area contributed by atoms with Gasteiger partial charge in [-0.3, -0.25) is 4.79 Å². The number of hydrogen-bond donors (Lipinski definition) is 1. The van der Waals surface area contributed by atoms with Gasteiger partial charge in [0.1, 0.15) is 5.78 Å². The fourth-order valence-corrected chi connectivity index (χ4v) is 2.87. The lowest BCUT2D eigenvalue weighted by Crippen LogP contribution is -2.43. The number of rotatable bonds is 4. The van der Waals surface area contributed by atoms with Crippen molar-refractivity contribution >= 4 is 5.78 Å². The van der Waals surface area contributed by atoms with E-state index in [0.717, 1.165) is 12.8 Å². The van der Waals surface area contributed by atoms with E-state index in [1.807, 2.05) is 13.8 Å². The van der Waals surface area contributed by atoms with Crippen LogP contribution in [0.15, 0.2) is 11.6 Å². The van der Waals surface area contributed by atoms with Gasteiger partial charge in [0.15, 0.2) is 0 Å². The second-order valence-corrected chi connectivity index (χ2v) is 6.30. The van der Waals surface area contributed by atoms with Gasteiger partial charge in [-0.15, -0.1) is 0 Å². The maximum atomic E-state index is 12.3. The third-order valence-electron chi connectivity index (χ3n) is 4.57. The smallest absolute Gasteiger partial charge is 0.139 e. The van der Waals surface area contributed by atoms with Gasteiger partial charge in [0.2, 0.25) is 0 Å². The summed E-state index contributed by atoms with van der Waals surface area (Å²) in [6.07, 6.45) is 4.64. The Bertz CT molecular complexity index is 315. The standard InChI is InChI=1S/C16H28O2/c1-10(2)7-6-8-11(3)14-9-15(17)12(4)13(5)16(14)18/h7,11-15,17H,6,8-9H2,1-5H3/t11?,12-,13?,14?,15?/m1/s1. The SMILES string of the molecule is CC(C)=CCCC(C)C1CC(O)[C@H](C)C(C)C1=O. The van der Waals surface area contributed by atoms with Crippen LogP contribution in [0.2, 0.25) is 0 Å². The van der Waals surface area contributed by atoms with E-state index < -0.39 is 0 Å². The third-order valence-corrected chi connectivity index (χ3v) is 4.57. The molecular formula is C16H28O2. The lowest BCUT2D eigenvalue weighted by Gasteiger charge is -2.37. The third kappa shape index (κ3) is 3.68. The summed E-state index contributed by atoms with van der Waals surface area (Å²) < 4.78 is 0. The quantitative estimate of drug-likeness (QED) is 0.776. The van der Waals surface area contributed by atoms with Gasteiger partial charge in [-0.25, -0.2) is 0 Å². The molecule has 0 aliphatic heterocycles. The maximum Gasteiger partial charge on any atom is 0.139 e. The van der Waals surface area contributed by atoms with Crippen molar-refractivity contribution in [2.45, 2.75) is 60.0 Å². The first-order valence-electron chi connectivity index (χ1n) is 7.19. The van der Waals surface area contributed by atoms with E-state index in [1.54, 1.807) is 0 Å². The number of carbonyl (C=O) groups excluding carboxylic acids is 1. The Labute approximate surface area is 111 Å². The molecule has 1 rings (SSSR count). The van der Waals surface area contributed by atoms with Gasteiger partial charge in [0, 0.05) is 11.8 Å². The lowest BCUT2D eigenvalue weighted by molar-refractivity contribution is -0.137. The normalized spacial score (nSPS) is 34.2. The summed E-state index contributed by atoms with van der Waals surface area (Å²) in [6.45, 7) is 10.3. The van der Waals surface area contributed by atoms with Crippen LogP contribution in [0.4, 0.5) is 0 Å². The Hall–Kier alpha value is -0.630. The summed E-state index contributed by atoms with van der Waals surface area (Å²) in [7, 11) is 0. The summed E-state index contributed by atoms with van der Waals surface area (Å²) in [5.41, 5.74) is 1.33. The molecule has 5 atom stereocenters. The predicted molar refractivity (Wildman–Crippen MR) is 75.3 cm³/mol. The molecule has 0 aromatic rings. The molecule has 18 heavy (non-hydrogen) atoms. The first-order chi connectivity index (χ1) is 8.34. The molecule has 2 nitrogen and oxygen atoms in total. The molecule has 4 unspecified atom stereocenters. The maximum absolute atomic E-state index is 12.3. The average molecular weight is 252 g/mol. The number of Topliss-reactive ketones (excluding diaryl/α,β-unsaturated/α-hetero) is 1. The van der Waals surface area contributed by atoms with E-state index in [1.165, 1.54) is 5.57 Å². The van der Waals surface area contributed by atoms with Gasteiger partial charge < -0.3 is 5.11 Å². The topological polar surface area (TPSA) is 37.3 Å². The minimum atomic E-state index is -0.311. The number of allylic oxidation sites excluding steroid dienone is 2. The Kier molecular flexibility index (Phi) is 5.58.